The first kappa shape index (κ1) is 11.4. The molecular weight excluding hydrogens is 220 g/mol. The molecule has 1 unspecified atom stereocenters. The third-order valence-corrected chi connectivity index (χ3v) is 3.61. The third-order valence-electron chi connectivity index (χ3n) is 2.51. The van der Waals surface area contributed by atoms with Gasteiger partial charge in [0, 0.05) is 11.6 Å². The van der Waals surface area contributed by atoms with Gasteiger partial charge in [0.2, 0.25) is 0 Å². The van der Waals surface area contributed by atoms with Crippen LogP contribution in [0.3, 0.4) is 0 Å². The van der Waals surface area contributed by atoms with Crippen molar-refractivity contribution in [3.8, 4) is 0 Å². The second-order valence-electron chi connectivity index (χ2n) is 4.34. The van der Waals surface area contributed by atoms with Crippen molar-refractivity contribution < 1.29 is 4.42 Å². The van der Waals surface area contributed by atoms with Crippen LogP contribution in [0.2, 0.25) is 0 Å². The maximum atomic E-state index is 5.38. The zero-order chi connectivity index (χ0) is 11.6. The summed E-state index contributed by atoms with van der Waals surface area (Å²) < 4.78 is 5.38. The minimum absolute atomic E-state index is 0.139. The van der Waals surface area contributed by atoms with Crippen LogP contribution < -0.4 is 5.32 Å². The highest BCUT2D eigenvalue weighted by Gasteiger charge is 2.26. The van der Waals surface area contributed by atoms with Crippen molar-refractivity contribution in [1.29, 1.82) is 0 Å². The van der Waals surface area contributed by atoms with Gasteiger partial charge in [0.1, 0.15) is 10.8 Å². The average molecular weight is 236 g/mol. The fourth-order valence-electron chi connectivity index (χ4n) is 1.74. The standard InChI is InChI=1S/C12H16N2OS/c1-9(10-5-4-7-15-10)14-12(2,3)11-13-6-8-16-11/h4-9,14H,1-3H3. The van der Waals surface area contributed by atoms with Gasteiger partial charge >= 0.3 is 0 Å². The van der Waals surface area contributed by atoms with Gasteiger partial charge in [0.25, 0.3) is 0 Å². The van der Waals surface area contributed by atoms with E-state index in [2.05, 4.69) is 31.1 Å². The molecule has 2 aromatic rings. The molecule has 3 nitrogen and oxygen atoms in total. The van der Waals surface area contributed by atoms with Crippen molar-refractivity contribution in [1.82, 2.24) is 10.3 Å². The second-order valence-corrected chi connectivity index (χ2v) is 5.24. The van der Waals surface area contributed by atoms with Crippen molar-refractivity contribution in [3.05, 3.63) is 40.7 Å². The predicted octanol–water partition coefficient (Wildman–Crippen LogP) is 3.32. The third kappa shape index (κ3) is 2.33. The van der Waals surface area contributed by atoms with Crippen LogP contribution in [0.25, 0.3) is 0 Å². The first-order valence-corrected chi connectivity index (χ1v) is 6.18. The topological polar surface area (TPSA) is 38.1 Å². The molecule has 4 heteroatoms. The minimum Gasteiger partial charge on any atom is -0.468 e. The molecule has 86 valence electrons. The van der Waals surface area contributed by atoms with Gasteiger partial charge in [-0.15, -0.1) is 11.3 Å². The Labute approximate surface area is 99.5 Å². The molecule has 2 rings (SSSR count). The van der Waals surface area contributed by atoms with E-state index in [1.54, 1.807) is 17.6 Å². The summed E-state index contributed by atoms with van der Waals surface area (Å²) in [5, 5.41) is 6.60. The van der Waals surface area contributed by atoms with Crippen molar-refractivity contribution in [2.24, 2.45) is 0 Å². The Balaban J connectivity index is 2.09. The Morgan fingerprint density at radius 2 is 2.31 bits per heavy atom. The molecule has 2 aromatic heterocycles. The molecule has 16 heavy (non-hydrogen) atoms. The molecule has 0 saturated heterocycles. The van der Waals surface area contributed by atoms with Crippen LogP contribution in [-0.2, 0) is 5.54 Å². The summed E-state index contributed by atoms with van der Waals surface area (Å²) in [5.74, 6) is 0.949. The first-order valence-electron chi connectivity index (χ1n) is 5.30. The summed E-state index contributed by atoms with van der Waals surface area (Å²) >= 11 is 1.66. The van der Waals surface area contributed by atoms with E-state index >= 15 is 0 Å². The van der Waals surface area contributed by atoms with Crippen LogP contribution in [0.1, 0.15) is 37.6 Å². The number of rotatable bonds is 4. The molecule has 0 aliphatic carbocycles. The zero-order valence-electron chi connectivity index (χ0n) is 9.73. The summed E-state index contributed by atoms with van der Waals surface area (Å²) in [6.45, 7) is 6.35. The minimum atomic E-state index is -0.139. The summed E-state index contributed by atoms with van der Waals surface area (Å²) in [5.41, 5.74) is -0.139. The Morgan fingerprint density at radius 3 is 2.88 bits per heavy atom. The number of furan rings is 1. The lowest BCUT2D eigenvalue weighted by Crippen LogP contribution is -2.38. The molecule has 0 bridgehead atoms. The molecule has 0 aliphatic rings. The summed E-state index contributed by atoms with van der Waals surface area (Å²) in [7, 11) is 0. The lowest BCUT2D eigenvalue weighted by Gasteiger charge is -2.27. The van der Waals surface area contributed by atoms with Crippen LogP contribution in [-0.4, -0.2) is 4.98 Å². The molecule has 0 aliphatic heterocycles. The quantitative estimate of drug-likeness (QED) is 0.885. The predicted molar refractivity (Wildman–Crippen MR) is 65.4 cm³/mol. The van der Waals surface area contributed by atoms with Gasteiger partial charge in [-0.2, -0.15) is 0 Å². The van der Waals surface area contributed by atoms with Crippen molar-refractivity contribution >= 4 is 11.3 Å². The largest absolute Gasteiger partial charge is 0.468 e. The van der Waals surface area contributed by atoms with Gasteiger partial charge in [-0.25, -0.2) is 4.98 Å². The van der Waals surface area contributed by atoms with Crippen LogP contribution >= 0.6 is 11.3 Å². The Bertz CT molecular complexity index is 420. The van der Waals surface area contributed by atoms with E-state index in [1.165, 1.54) is 0 Å². The van der Waals surface area contributed by atoms with Crippen molar-refractivity contribution in [2.45, 2.75) is 32.4 Å². The number of hydrogen-bond donors (Lipinski definition) is 1. The van der Waals surface area contributed by atoms with Crippen molar-refractivity contribution in [3.63, 3.8) is 0 Å². The molecule has 1 N–H and O–H groups in total. The van der Waals surface area contributed by atoms with E-state index in [4.69, 9.17) is 4.42 Å². The zero-order valence-corrected chi connectivity index (χ0v) is 10.5. The Hall–Kier alpha value is -1.13. The maximum absolute atomic E-state index is 5.38. The van der Waals surface area contributed by atoms with Crippen LogP contribution in [0.5, 0.6) is 0 Å². The highest BCUT2D eigenvalue weighted by atomic mass is 32.1. The van der Waals surface area contributed by atoms with Crippen LogP contribution in [0.15, 0.2) is 34.4 Å². The van der Waals surface area contributed by atoms with Gasteiger partial charge in [0.15, 0.2) is 0 Å². The lowest BCUT2D eigenvalue weighted by molar-refractivity contribution is 0.322. The van der Waals surface area contributed by atoms with Gasteiger partial charge in [-0.3, -0.25) is 5.32 Å². The second kappa shape index (κ2) is 4.39. The molecule has 0 aromatic carbocycles. The summed E-state index contributed by atoms with van der Waals surface area (Å²) in [6.07, 6.45) is 3.53. The molecular formula is C12H16N2OS. The summed E-state index contributed by atoms with van der Waals surface area (Å²) in [6, 6.07) is 4.06. The number of nitrogens with one attached hydrogen (secondary N) is 1. The monoisotopic (exact) mass is 236 g/mol. The van der Waals surface area contributed by atoms with E-state index in [0.717, 1.165) is 10.8 Å². The van der Waals surface area contributed by atoms with E-state index in [-0.39, 0.29) is 11.6 Å². The van der Waals surface area contributed by atoms with Crippen LogP contribution in [0, 0.1) is 0 Å². The van der Waals surface area contributed by atoms with Gasteiger partial charge in [-0.1, -0.05) is 0 Å². The van der Waals surface area contributed by atoms with Crippen molar-refractivity contribution in [2.75, 3.05) is 0 Å². The molecule has 0 radical (unpaired) electrons. The van der Waals surface area contributed by atoms with Gasteiger partial charge < -0.3 is 4.42 Å². The highest BCUT2D eigenvalue weighted by Crippen LogP contribution is 2.26. The number of aromatic nitrogens is 1. The molecule has 0 saturated carbocycles. The SMILES string of the molecule is CC(NC(C)(C)c1nccs1)c1ccco1. The fraction of sp³-hybridized carbons (Fsp3) is 0.417. The lowest BCUT2D eigenvalue weighted by atomic mass is 10.0. The normalized spacial score (nSPS) is 13.9. The highest BCUT2D eigenvalue weighted by molar-refractivity contribution is 7.09. The average Bonchev–Trinajstić information content (AvgIpc) is 2.91. The smallest absolute Gasteiger partial charge is 0.120 e. The first-order chi connectivity index (χ1) is 7.59. The van der Waals surface area contributed by atoms with Gasteiger partial charge in [-0.05, 0) is 32.9 Å². The molecule has 0 amide bonds. The van der Waals surface area contributed by atoms with E-state index in [0.29, 0.717) is 0 Å². The van der Waals surface area contributed by atoms with E-state index in [1.807, 2.05) is 23.7 Å². The Kier molecular flexibility index (Phi) is 3.12. The molecule has 1 atom stereocenters. The maximum Gasteiger partial charge on any atom is 0.120 e. The van der Waals surface area contributed by atoms with E-state index in [9.17, 15) is 0 Å². The van der Waals surface area contributed by atoms with Gasteiger partial charge in [0.05, 0.1) is 17.8 Å². The molecule has 0 fully saturated rings. The summed E-state index contributed by atoms with van der Waals surface area (Å²) in [4.78, 5) is 4.35. The molecule has 2 heterocycles. The van der Waals surface area contributed by atoms with Crippen LogP contribution in [0.4, 0.5) is 0 Å². The Morgan fingerprint density at radius 1 is 1.50 bits per heavy atom. The van der Waals surface area contributed by atoms with E-state index < -0.39 is 0 Å². The molecule has 0 spiro atoms. The number of nitrogens with zero attached hydrogens (tertiary/aromatic N) is 1. The number of thiazole rings is 1. The number of hydrogen-bond acceptors (Lipinski definition) is 4. The fourth-order valence-corrected chi connectivity index (χ4v) is 2.47.